The Hall–Kier alpha value is -5.86. The maximum Gasteiger partial charge on any atom is 0.136 e. The Morgan fingerprint density at radius 1 is 0.318 bits per heavy atom. The first-order chi connectivity index (χ1) is 21.8. The van der Waals surface area contributed by atoms with E-state index in [0.717, 1.165) is 33.6 Å². The van der Waals surface area contributed by atoms with E-state index in [1.807, 2.05) is 6.07 Å². The second-order valence-corrected chi connectivity index (χ2v) is 11.3. The highest BCUT2D eigenvalue weighted by Gasteiger charge is 2.18. The van der Waals surface area contributed by atoms with Crippen molar-refractivity contribution in [2.75, 3.05) is 4.90 Å². The predicted octanol–water partition coefficient (Wildman–Crippen LogP) is 12.2. The first-order valence-corrected chi connectivity index (χ1v) is 15.0. The number of furan rings is 1. The monoisotopic (exact) mass is 561 g/mol. The lowest BCUT2D eigenvalue weighted by atomic mass is 9.91. The van der Waals surface area contributed by atoms with Crippen LogP contribution in [0.3, 0.4) is 0 Å². The molecule has 1 heterocycles. The molecule has 44 heavy (non-hydrogen) atoms. The molecule has 0 N–H and O–H groups in total. The highest BCUT2D eigenvalue weighted by Crippen LogP contribution is 2.45. The van der Waals surface area contributed by atoms with Crippen LogP contribution in [-0.2, 0) is 0 Å². The SMILES string of the molecule is c1ccc(-c2cccc(N(c3ccccc3)c3ccc4c5ccccc5c5c(ccc6oc7ccccc7c65)c4c3)c2)cc1. The number of fused-ring (bicyclic) bond motifs is 10. The summed E-state index contributed by atoms with van der Waals surface area (Å²) in [5.41, 5.74) is 7.58. The summed E-state index contributed by atoms with van der Waals surface area (Å²) in [5.74, 6) is 0. The minimum absolute atomic E-state index is 0.918. The normalized spacial score (nSPS) is 11.6. The molecule has 2 nitrogen and oxygen atoms in total. The van der Waals surface area contributed by atoms with Crippen LogP contribution in [0.15, 0.2) is 168 Å². The van der Waals surface area contributed by atoms with Crippen LogP contribution in [0.1, 0.15) is 0 Å². The molecule has 2 heteroatoms. The van der Waals surface area contributed by atoms with Crippen molar-refractivity contribution in [3.63, 3.8) is 0 Å². The van der Waals surface area contributed by atoms with Gasteiger partial charge in [-0.1, -0.05) is 109 Å². The number of anilines is 3. The lowest BCUT2D eigenvalue weighted by molar-refractivity contribution is 0.669. The fourth-order valence-electron chi connectivity index (χ4n) is 6.87. The largest absolute Gasteiger partial charge is 0.456 e. The van der Waals surface area contributed by atoms with Crippen molar-refractivity contribution >= 4 is 71.3 Å². The number of para-hydroxylation sites is 2. The maximum absolute atomic E-state index is 6.34. The van der Waals surface area contributed by atoms with E-state index in [-0.39, 0.29) is 0 Å². The average molecular weight is 562 g/mol. The fourth-order valence-corrected chi connectivity index (χ4v) is 6.87. The van der Waals surface area contributed by atoms with Gasteiger partial charge in [0.15, 0.2) is 0 Å². The molecule has 0 aliphatic heterocycles. The van der Waals surface area contributed by atoms with E-state index in [2.05, 4.69) is 163 Å². The van der Waals surface area contributed by atoms with Crippen LogP contribution >= 0.6 is 0 Å². The zero-order valence-electron chi connectivity index (χ0n) is 23.9. The van der Waals surface area contributed by atoms with Gasteiger partial charge in [-0.15, -0.1) is 0 Å². The average Bonchev–Trinajstić information content (AvgIpc) is 3.48. The summed E-state index contributed by atoms with van der Waals surface area (Å²) in [4.78, 5) is 2.36. The van der Waals surface area contributed by atoms with E-state index in [1.54, 1.807) is 0 Å². The number of nitrogens with zero attached hydrogens (tertiary/aromatic N) is 1. The smallest absolute Gasteiger partial charge is 0.136 e. The van der Waals surface area contributed by atoms with Gasteiger partial charge in [0.2, 0.25) is 0 Å². The zero-order valence-corrected chi connectivity index (χ0v) is 23.9. The summed E-state index contributed by atoms with van der Waals surface area (Å²) >= 11 is 0. The van der Waals surface area contributed by atoms with Gasteiger partial charge in [-0.3, -0.25) is 0 Å². The molecule has 0 saturated heterocycles. The molecule has 0 radical (unpaired) electrons. The van der Waals surface area contributed by atoms with Crippen LogP contribution in [0.4, 0.5) is 17.1 Å². The maximum atomic E-state index is 6.34. The van der Waals surface area contributed by atoms with Crippen molar-refractivity contribution in [2.24, 2.45) is 0 Å². The molecule has 0 saturated carbocycles. The van der Waals surface area contributed by atoms with E-state index in [0.29, 0.717) is 0 Å². The number of benzene rings is 8. The van der Waals surface area contributed by atoms with Gasteiger partial charge in [-0.2, -0.15) is 0 Å². The highest BCUT2D eigenvalue weighted by atomic mass is 16.3. The molecule has 0 unspecified atom stereocenters. The zero-order chi connectivity index (χ0) is 29.0. The number of hydrogen-bond donors (Lipinski definition) is 0. The van der Waals surface area contributed by atoms with E-state index in [4.69, 9.17) is 4.42 Å². The molecule has 9 aromatic rings. The summed E-state index contributed by atoms with van der Waals surface area (Å²) in [6.07, 6.45) is 0. The van der Waals surface area contributed by atoms with E-state index < -0.39 is 0 Å². The van der Waals surface area contributed by atoms with Gasteiger partial charge in [0.25, 0.3) is 0 Å². The van der Waals surface area contributed by atoms with Gasteiger partial charge in [0, 0.05) is 33.2 Å². The van der Waals surface area contributed by atoms with Gasteiger partial charge in [0.1, 0.15) is 11.2 Å². The standard InChI is InChI=1S/C42H27NO/c1-3-12-28(13-4-1)29-14-11-17-31(26-29)43(30-15-5-2-6-16-30)32-22-23-34-33-18-7-8-19-35(33)41-36(38(34)27-32)24-25-40-42(41)37-20-9-10-21-39(37)44-40/h1-27H. The van der Waals surface area contributed by atoms with Crippen LogP contribution < -0.4 is 4.90 Å². The lowest BCUT2D eigenvalue weighted by Crippen LogP contribution is -2.10. The Bertz CT molecular complexity index is 2490. The summed E-state index contributed by atoms with van der Waals surface area (Å²) in [5, 5.41) is 9.76. The third-order valence-electron chi connectivity index (χ3n) is 8.81. The molecule has 9 rings (SSSR count). The molecule has 8 aromatic carbocycles. The third-order valence-corrected chi connectivity index (χ3v) is 8.81. The molecular weight excluding hydrogens is 534 g/mol. The molecule has 0 bridgehead atoms. The highest BCUT2D eigenvalue weighted by molar-refractivity contribution is 6.34. The van der Waals surface area contributed by atoms with Crippen molar-refractivity contribution in [2.45, 2.75) is 0 Å². The predicted molar refractivity (Wildman–Crippen MR) is 186 cm³/mol. The Morgan fingerprint density at radius 3 is 1.75 bits per heavy atom. The molecule has 0 aliphatic carbocycles. The Labute approximate surface area is 255 Å². The Morgan fingerprint density at radius 2 is 0.909 bits per heavy atom. The van der Waals surface area contributed by atoms with Crippen molar-refractivity contribution in [3.8, 4) is 11.1 Å². The van der Waals surface area contributed by atoms with Crippen LogP contribution in [0.25, 0.3) is 65.4 Å². The molecule has 0 spiro atoms. The summed E-state index contributed by atoms with van der Waals surface area (Å²) < 4.78 is 6.34. The van der Waals surface area contributed by atoms with Crippen LogP contribution in [0, 0.1) is 0 Å². The van der Waals surface area contributed by atoms with Crippen molar-refractivity contribution in [1.29, 1.82) is 0 Å². The van der Waals surface area contributed by atoms with Crippen molar-refractivity contribution < 1.29 is 4.42 Å². The van der Waals surface area contributed by atoms with Gasteiger partial charge >= 0.3 is 0 Å². The number of rotatable bonds is 4. The van der Waals surface area contributed by atoms with Gasteiger partial charge in [-0.25, -0.2) is 0 Å². The topological polar surface area (TPSA) is 16.4 Å². The molecule has 0 amide bonds. The van der Waals surface area contributed by atoms with Gasteiger partial charge in [0.05, 0.1) is 0 Å². The summed E-state index contributed by atoms with van der Waals surface area (Å²) in [6.45, 7) is 0. The molecular formula is C42H27NO. The van der Waals surface area contributed by atoms with Crippen LogP contribution in [0.2, 0.25) is 0 Å². The minimum atomic E-state index is 0.918. The minimum Gasteiger partial charge on any atom is -0.456 e. The number of hydrogen-bond acceptors (Lipinski definition) is 2. The molecule has 1 aromatic heterocycles. The molecule has 206 valence electrons. The lowest BCUT2D eigenvalue weighted by Gasteiger charge is -2.26. The fraction of sp³-hybridized carbons (Fsp3) is 0. The Kier molecular flexibility index (Phi) is 5.54. The quantitative estimate of drug-likeness (QED) is 0.199. The molecule has 0 atom stereocenters. The molecule has 0 aliphatic rings. The van der Waals surface area contributed by atoms with Crippen molar-refractivity contribution in [3.05, 3.63) is 164 Å². The summed E-state index contributed by atoms with van der Waals surface area (Å²) in [7, 11) is 0. The second kappa shape index (κ2) is 9.86. The van der Waals surface area contributed by atoms with Gasteiger partial charge in [-0.05, 0) is 92.7 Å². The van der Waals surface area contributed by atoms with Crippen LogP contribution in [0.5, 0.6) is 0 Å². The summed E-state index contributed by atoms with van der Waals surface area (Å²) in [6, 6.07) is 58.5. The third kappa shape index (κ3) is 3.82. The van der Waals surface area contributed by atoms with E-state index in [1.165, 1.54) is 48.8 Å². The van der Waals surface area contributed by atoms with Crippen LogP contribution in [-0.4, -0.2) is 0 Å². The van der Waals surface area contributed by atoms with Crippen molar-refractivity contribution in [1.82, 2.24) is 0 Å². The van der Waals surface area contributed by atoms with Gasteiger partial charge < -0.3 is 9.32 Å². The first-order valence-electron chi connectivity index (χ1n) is 15.0. The van der Waals surface area contributed by atoms with E-state index >= 15 is 0 Å². The first kappa shape index (κ1) is 24.7. The second-order valence-electron chi connectivity index (χ2n) is 11.3. The Balaban J connectivity index is 1.35. The van der Waals surface area contributed by atoms with E-state index in [9.17, 15) is 0 Å². The molecule has 0 fully saturated rings.